The third-order valence-electron chi connectivity index (χ3n) is 4.19. The van der Waals surface area contributed by atoms with Crippen LogP contribution >= 0.6 is 23.2 Å². The largest absolute Gasteiger partial charge is 0.399 e. The second kappa shape index (κ2) is 5.63. The Morgan fingerprint density at radius 1 is 1.15 bits per heavy atom. The van der Waals surface area contributed by atoms with E-state index in [0.717, 1.165) is 25.7 Å². The Morgan fingerprint density at radius 2 is 1.65 bits per heavy atom. The van der Waals surface area contributed by atoms with E-state index < -0.39 is 5.60 Å². The van der Waals surface area contributed by atoms with Gasteiger partial charge in [-0.1, -0.05) is 37.0 Å². The van der Waals surface area contributed by atoms with Crippen LogP contribution in [0, 0.1) is 5.41 Å². The van der Waals surface area contributed by atoms with E-state index in [4.69, 9.17) is 28.9 Å². The molecule has 0 aliphatic heterocycles. The van der Waals surface area contributed by atoms with Crippen molar-refractivity contribution in [2.24, 2.45) is 5.41 Å². The second-order valence-electron chi connectivity index (χ2n) is 6.60. The monoisotopic (exact) mass is 316 g/mol. The van der Waals surface area contributed by atoms with E-state index in [1.807, 2.05) is 0 Å². The highest BCUT2D eigenvalue weighted by atomic mass is 35.5. The summed E-state index contributed by atoms with van der Waals surface area (Å²) >= 11 is 12.3. The van der Waals surface area contributed by atoms with Crippen molar-refractivity contribution in [2.75, 3.05) is 17.6 Å². The molecule has 0 amide bonds. The van der Waals surface area contributed by atoms with Gasteiger partial charge < -0.3 is 16.2 Å². The van der Waals surface area contributed by atoms with Gasteiger partial charge in [-0.05, 0) is 43.2 Å². The molecule has 1 aromatic carbocycles. The third kappa shape index (κ3) is 3.72. The van der Waals surface area contributed by atoms with Crippen molar-refractivity contribution in [1.29, 1.82) is 0 Å². The molecule has 2 rings (SSSR count). The second-order valence-corrected chi connectivity index (χ2v) is 7.42. The van der Waals surface area contributed by atoms with E-state index >= 15 is 0 Å². The molecule has 3 nitrogen and oxygen atoms in total. The molecule has 1 aliphatic carbocycles. The maximum absolute atomic E-state index is 10.6. The fourth-order valence-electron chi connectivity index (χ4n) is 2.58. The molecule has 0 atom stereocenters. The van der Waals surface area contributed by atoms with E-state index in [1.165, 1.54) is 0 Å². The maximum Gasteiger partial charge on any atom is 0.0819 e. The normalized spacial score (nSPS) is 20.6. The zero-order valence-corrected chi connectivity index (χ0v) is 13.5. The lowest BCUT2D eigenvalue weighted by Crippen LogP contribution is -2.42. The van der Waals surface area contributed by atoms with Gasteiger partial charge in [0.2, 0.25) is 0 Å². The van der Waals surface area contributed by atoms with Crippen LogP contribution in [0.15, 0.2) is 12.1 Å². The molecule has 20 heavy (non-hydrogen) atoms. The SMILES string of the molecule is CC1(C)CCC(O)(CNc2c(Cl)cc(N)cc2Cl)CC1. The zero-order valence-electron chi connectivity index (χ0n) is 12.0. The first-order valence-corrected chi connectivity index (χ1v) is 7.67. The molecule has 112 valence electrons. The van der Waals surface area contributed by atoms with Crippen LogP contribution in [-0.4, -0.2) is 17.3 Å². The Hall–Kier alpha value is -0.640. The first-order valence-electron chi connectivity index (χ1n) is 6.92. The summed E-state index contributed by atoms with van der Waals surface area (Å²) < 4.78 is 0. The number of anilines is 2. The van der Waals surface area contributed by atoms with Crippen molar-refractivity contribution in [1.82, 2.24) is 0 Å². The van der Waals surface area contributed by atoms with Crippen molar-refractivity contribution in [3.05, 3.63) is 22.2 Å². The summed E-state index contributed by atoms with van der Waals surface area (Å²) in [4.78, 5) is 0. The van der Waals surface area contributed by atoms with Crippen LogP contribution in [0.2, 0.25) is 10.0 Å². The Labute approximate surface area is 130 Å². The van der Waals surface area contributed by atoms with Gasteiger partial charge >= 0.3 is 0 Å². The molecular formula is C15H22Cl2N2O. The van der Waals surface area contributed by atoms with E-state index in [0.29, 0.717) is 33.4 Å². The lowest BCUT2D eigenvalue weighted by atomic mass is 9.71. The molecule has 0 spiro atoms. The van der Waals surface area contributed by atoms with E-state index in [9.17, 15) is 5.11 Å². The molecule has 1 aromatic rings. The molecule has 0 aromatic heterocycles. The average molecular weight is 317 g/mol. The minimum absolute atomic E-state index is 0.322. The third-order valence-corrected chi connectivity index (χ3v) is 4.79. The Bertz CT molecular complexity index is 470. The minimum Gasteiger partial charge on any atom is -0.399 e. The van der Waals surface area contributed by atoms with Gasteiger partial charge in [0.15, 0.2) is 0 Å². The number of hydrogen-bond acceptors (Lipinski definition) is 3. The van der Waals surface area contributed by atoms with Crippen LogP contribution < -0.4 is 11.1 Å². The van der Waals surface area contributed by atoms with Crippen LogP contribution in [-0.2, 0) is 0 Å². The van der Waals surface area contributed by atoms with Crippen LogP contribution in [0.1, 0.15) is 39.5 Å². The fraction of sp³-hybridized carbons (Fsp3) is 0.600. The summed E-state index contributed by atoms with van der Waals surface area (Å²) in [6.45, 7) is 4.94. The number of aliphatic hydroxyl groups is 1. The molecule has 4 N–H and O–H groups in total. The number of nitrogens with one attached hydrogen (secondary N) is 1. The van der Waals surface area contributed by atoms with Gasteiger partial charge in [0, 0.05) is 12.2 Å². The molecule has 5 heteroatoms. The lowest BCUT2D eigenvalue weighted by molar-refractivity contribution is -0.0145. The topological polar surface area (TPSA) is 58.3 Å². The number of nitrogen functional groups attached to an aromatic ring is 1. The van der Waals surface area contributed by atoms with Crippen molar-refractivity contribution in [3.8, 4) is 0 Å². The van der Waals surface area contributed by atoms with Gasteiger partial charge in [0.25, 0.3) is 0 Å². The van der Waals surface area contributed by atoms with Crippen LogP contribution in [0.25, 0.3) is 0 Å². The molecule has 0 radical (unpaired) electrons. The number of hydrogen-bond donors (Lipinski definition) is 3. The summed E-state index contributed by atoms with van der Waals surface area (Å²) in [7, 11) is 0. The number of nitrogens with two attached hydrogens (primary N) is 1. The quantitative estimate of drug-likeness (QED) is 0.728. The number of halogens is 2. The molecule has 0 heterocycles. The highest BCUT2D eigenvalue weighted by Crippen LogP contribution is 2.41. The van der Waals surface area contributed by atoms with E-state index in [-0.39, 0.29) is 0 Å². The maximum atomic E-state index is 10.6. The lowest BCUT2D eigenvalue weighted by Gasteiger charge is -2.40. The van der Waals surface area contributed by atoms with Gasteiger partial charge in [-0.25, -0.2) is 0 Å². The highest BCUT2D eigenvalue weighted by molar-refractivity contribution is 6.39. The molecular weight excluding hydrogens is 295 g/mol. The summed E-state index contributed by atoms with van der Waals surface area (Å²) in [5, 5.41) is 14.8. The number of benzene rings is 1. The van der Waals surface area contributed by atoms with Gasteiger partial charge in [0.1, 0.15) is 0 Å². The van der Waals surface area contributed by atoms with Crippen molar-refractivity contribution in [2.45, 2.75) is 45.1 Å². The Kier molecular flexibility index (Phi) is 4.43. The van der Waals surface area contributed by atoms with Crippen LogP contribution in [0.4, 0.5) is 11.4 Å². The smallest absolute Gasteiger partial charge is 0.0819 e. The van der Waals surface area contributed by atoms with Crippen molar-refractivity contribution < 1.29 is 5.11 Å². The van der Waals surface area contributed by atoms with Crippen molar-refractivity contribution in [3.63, 3.8) is 0 Å². The summed E-state index contributed by atoms with van der Waals surface area (Å²) in [5.74, 6) is 0. The van der Waals surface area contributed by atoms with Gasteiger partial charge in [-0.2, -0.15) is 0 Å². The first-order chi connectivity index (χ1) is 9.21. The predicted molar refractivity (Wildman–Crippen MR) is 86.6 cm³/mol. The zero-order chi connectivity index (χ0) is 15.0. The first kappa shape index (κ1) is 15.7. The summed E-state index contributed by atoms with van der Waals surface area (Å²) in [6.07, 6.45) is 3.62. The standard InChI is InChI=1S/C15H22Cl2N2O/c1-14(2)3-5-15(20,6-4-14)9-19-13-11(16)7-10(18)8-12(13)17/h7-8,19-20H,3-6,9,18H2,1-2H3. The van der Waals surface area contributed by atoms with Crippen LogP contribution in [0.5, 0.6) is 0 Å². The average Bonchev–Trinajstić information content (AvgIpc) is 2.32. The van der Waals surface area contributed by atoms with Gasteiger partial charge in [-0.15, -0.1) is 0 Å². The van der Waals surface area contributed by atoms with E-state index in [1.54, 1.807) is 12.1 Å². The van der Waals surface area contributed by atoms with Gasteiger partial charge in [-0.3, -0.25) is 0 Å². The van der Waals surface area contributed by atoms with Crippen molar-refractivity contribution >= 4 is 34.6 Å². The molecule has 0 bridgehead atoms. The summed E-state index contributed by atoms with van der Waals surface area (Å²) in [5.41, 5.74) is 6.48. The van der Waals surface area contributed by atoms with Crippen LogP contribution in [0.3, 0.4) is 0 Å². The molecule has 0 saturated heterocycles. The molecule has 1 fully saturated rings. The van der Waals surface area contributed by atoms with E-state index in [2.05, 4.69) is 19.2 Å². The minimum atomic E-state index is -0.691. The fourth-order valence-corrected chi connectivity index (χ4v) is 3.22. The predicted octanol–water partition coefficient (Wildman–Crippen LogP) is 4.32. The molecule has 1 aliphatic rings. The number of rotatable bonds is 3. The highest BCUT2D eigenvalue weighted by Gasteiger charge is 2.36. The Morgan fingerprint density at radius 3 is 2.15 bits per heavy atom. The molecule has 0 unspecified atom stereocenters. The molecule has 1 saturated carbocycles. The summed E-state index contributed by atoms with van der Waals surface area (Å²) in [6, 6.07) is 3.31. The van der Waals surface area contributed by atoms with Gasteiger partial charge in [0.05, 0.1) is 21.3 Å². The Balaban J connectivity index is 2.02.